The average Bonchev–Trinajstić information content (AvgIpc) is 2.67. The lowest BCUT2D eigenvalue weighted by Crippen LogP contribution is -2.42. The summed E-state index contributed by atoms with van der Waals surface area (Å²) in [6.07, 6.45) is 4.20. The van der Waals surface area contributed by atoms with Gasteiger partial charge in [-0.1, -0.05) is 0 Å². The summed E-state index contributed by atoms with van der Waals surface area (Å²) in [6.45, 7) is 9.54. The Morgan fingerprint density at radius 1 is 1.44 bits per heavy atom. The van der Waals surface area contributed by atoms with Crippen molar-refractivity contribution in [2.45, 2.75) is 52.2 Å². The molecule has 0 fully saturated rings. The Balaban J connectivity index is 2.15. The van der Waals surface area contributed by atoms with Crippen molar-refractivity contribution >= 4 is 5.91 Å². The number of rotatable bonds is 6. The van der Waals surface area contributed by atoms with Crippen molar-refractivity contribution in [2.75, 3.05) is 6.54 Å². The molecule has 5 nitrogen and oxygen atoms in total. The number of nitrogens with one attached hydrogen (secondary N) is 2. The Morgan fingerprint density at radius 3 is 2.72 bits per heavy atom. The van der Waals surface area contributed by atoms with Gasteiger partial charge in [0.15, 0.2) is 0 Å². The van der Waals surface area contributed by atoms with Gasteiger partial charge in [0.25, 0.3) is 0 Å². The summed E-state index contributed by atoms with van der Waals surface area (Å²) >= 11 is 0. The maximum atomic E-state index is 11.6. The highest BCUT2D eigenvalue weighted by molar-refractivity contribution is 5.76. The van der Waals surface area contributed by atoms with E-state index in [0.717, 1.165) is 6.54 Å². The number of carbonyl (C=O) groups excluding carboxylic acids is 1. The molecule has 0 aliphatic rings. The second-order valence-corrected chi connectivity index (χ2v) is 5.63. The topological polar surface area (TPSA) is 59.0 Å². The van der Waals surface area contributed by atoms with E-state index in [0.29, 0.717) is 19.0 Å². The fourth-order valence-corrected chi connectivity index (χ4v) is 1.67. The molecule has 0 radical (unpaired) electrons. The first-order chi connectivity index (χ1) is 8.37. The molecule has 18 heavy (non-hydrogen) atoms. The molecule has 102 valence electrons. The molecular formula is C13H24N4O. The molecule has 0 aliphatic carbocycles. The van der Waals surface area contributed by atoms with Crippen LogP contribution in [-0.4, -0.2) is 33.8 Å². The van der Waals surface area contributed by atoms with Gasteiger partial charge in [-0.25, -0.2) is 0 Å². The van der Waals surface area contributed by atoms with Crippen molar-refractivity contribution in [2.24, 2.45) is 0 Å². The first kappa shape index (κ1) is 14.7. The molecule has 0 bridgehead atoms. The van der Waals surface area contributed by atoms with Crippen LogP contribution in [0, 0.1) is 0 Å². The van der Waals surface area contributed by atoms with Crippen LogP contribution in [0.2, 0.25) is 0 Å². The molecule has 1 rings (SSSR count). The van der Waals surface area contributed by atoms with E-state index in [-0.39, 0.29) is 11.4 Å². The molecule has 1 aromatic rings. The van der Waals surface area contributed by atoms with E-state index in [9.17, 15) is 4.79 Å². The molecular weight excluding hydrogens is 228 g/mol. The summed E-state index contributed by atoms with van der Waals surface area (Å²) in [5, 5.41) is 10.4. The molecule has 0 aromatic carbocycles. The number of carbonyl (C=O) groups is 1. The molecule has 1 atom stereocenters. The van der Waals surface area contributed by atoms with Crippen molar-refractivity contribution in [3.63, 3.8) is 0 Å². The molecule has 1 aromatic heterocycles. The first-order valence-electron chi connectivity index (χ1n) is 6.38. The lowest BCUT2D eigenvalue weighted by Gasteiger charge is -2.21. The van der Waals surface area contributed by atoms with Crippen LogP contribution < -0.4 is 10.6 Å². The quantitative estimate of drug-likeness (QED) is 0.799. The van der Waals surface area contributed by atoms with E-state index in [1.165, 1.54) is 0 Å². The Bertz CT molecular complexity index is 354. The van der Waals surface area contributed by atoms with E-state index in [2.05, 4.69) is 22.7 Å². The van der Waals surface area contributed by atoms with Crippen LogP contribution in [-0.2, 0) is 11.3 Å². The van der Waals surface area contributed by atoms with Gasteiger partial charge in [0.1, 0.15) is 0 Å². The van der Waals surface area contributed by atoms with Crippen molar-refractivity contribution in [1.29, 1.82) is 0 Å². The second kappa shape index (κ2) is 6.54. The summed E-state index contributed by atoms with van der Waals surface area (Å²) in [6, 6.07) is 2.20. The van der Waals surface area contributed by atoms with Gasteiger partial charge in [0, 0.05) is 36.9 Å². The minimum absolute atomic E-state index is 0.0845. The van der Waals surface area contributed by atoms with Crippen LogP contribution in [0.15, 0.2) is 18.5 Å². The second-order valence-electron chi connectivity index (χ2n) is 5.63. The van der Waals surface area contributed by atoms with Crippen LogP contribution in [0.25, 0.3) is 0 Å². The minimum Gasteiger partial charge on any atom is -0.351 e. The number of amides is 1. The Kier molecular flexibility index (Phi) is 5.34. The zero-order valence-electron chi connectivity index (χ0n) is 11.7. The zero-order valence-corrected chi connectivity index (χ0v) is 11.7. The average molecular weight is 252 g/mol. The monoisotopic (exact) mass is 252 g/mol. The lowest BCUT2D eigenvalue weighted by molar-refractivity contribution is -0.122. The molecule has 5 heteroatoms. The van der Waals surface area contributed by atoms with Crippen LogP contribution in [0.4, 0.5) is 0 Å². The smallest absolute Gasteiger partial charge is 0.221 e. The van der Waals surface area contributed by atoms with E-state index in [1.54, 1.807) is 6.20 Å². The number of hydrogen-bond acceptors (Lipinski definition) is 3. The highest BCUT2D eigenvalue weighted by atomic mass is 16.1. The fraction of sp³-hybridized carbons (Fsp3) is 0.692. The first-order valence-corrected chi connectivity index (χ1v) is 6.38. The van der Waals surface area contributed by atoms with Crippen molar-refractivity contribution in [3.05, 3.63) is 18.5 Å². The van der Waals surface area contributed by atoms with Gasteiger partial charge in [-0.2, -0.15) is 5.10 Å². The van der Waals surface area contributed by atoms with Gasteiger partial charge < -0.3 is 10.6 Å². The summed E-state index contributed by atoms with van der Waals surface area (Å²) in [4.78, 5) is 11.6. The maximum Gasteiger partial charge on any atom is 0.221 e. The Labute approximate surface area is 109 Å². The van der Waals surface area contributed by atoms with Gasteiger partial charge in [0.05, 0.1) is 6.54 Å². The zero-order chi connectivity index (χ0) is 13.6. The molecule has 0 saturated carbocycles. The highest BCUT2D eigenvalue weighted by Crippen LogP contribution is 1.99. The maximum absolute atomic E-state index is 11.6. The van der Waals surface area contributed by atoms with Gasteiger partial charge >= 0.3 is 0 Å². The largest absolute Gasteiger partial charge is 0.351 e. The fourth-order valence-electron chi connectivity index (χ4n) is 1.67. The number of hydrogen-bond donors (Lipinski definition) is 2. The van der Waals surface area contributed by atoms with Crippen LogP contribution >= 0.6 is 0 Å². The van der Waals surface area contributed by atoms with E-state index >= 15 is 0 Å². The molecule has 1 unspecified atom stereocenters. The SMILES string of the molecule is CC(Cn1cccn1)NCCC(=O)NC(C)(C)C. The standard InChI is InChI=1S/C13H24N4O/c1-11(10-17-9-5-7-15-17)14-8-6-12(18)16-13(2,3)4/h5,7,9,11,14H,6,8,10H2,1-4H3,(H,16,18). The normalized spacial score (nSPS) is 13.3. The summed E-state index contributed by atoms with van der Waals surface area (Å²) in [5.41, 5.74) is -0.155. The molecule has 0 spiro atoms. The molecule has 0 aliphatic heterocycles. The minimum atomic E-state index is -0.155. The van der Waals surface area contributed by atoms with Gasteiger partial charge in [0.2, 0.25) is 5.91 Å². The van der Waals surface area contributed by atoms with E-state index in [4.69, 9.17) is 0 Å². The van der Waals surface area contributed by atoms with Crippen molar-refractivity contribution < 1.29 is 4.79 Å². The predicted molar refractivity (Wildman–Crippen MR) is 72.2 cm³/mol. The molecule has 1 amide bonds. The third-order valence-electron chi connectivity index (χ3n) is 2.38. The van der Waals surface area contributed by atoms with Crippen LogP contribution in [0.1, 0.15) is 34.1 Å². The summed E-state index contributed by atoms with van der Waals surface area (Å²) in [7, 11) is 0. The molecule has 1 heterocycles. The van der Waals surface area contributed by atoms with Gasteiger partial charge in [-0.3, -0.25) is 9.48 Å². The number of nitrogens with zero attached hydrogens (tertiary/aromatic N) is 2. The van der Waals surface area contributed by atoms with Gasteiger partial charge in [-0.05, 0) is 33.8 Å². The Morgan fingerprint density at radius 2 is 2.17 bits per heavy atom. The summed E-state index contributed by atoms with van der Waals surface area (Å²) < 4.78 is 1.88. The number of aromatic nitrogens is 2. The molecule has 0 saturated heterocycles. The summed E-state index contributed by atoms with van der Waals surface area (Å²) in [5.74, 6) is 0.0845. The van der Waals surface area contributed by atoms with E-state index in [1.807, 2.05) is 37.7 Å². The van der Waals surface area contributed by atoms with Crippen LogP contribution in [0.3, 0.4) is 0 Å². The van der Waals surface area contributed by atoms with E-state index < -0.39 is 0 Å². The molecule has 2 N–H and O–H groups in total. The van der Waals surface area contributed by atoms with Gasteiger partial charge in [-0.15, -0.1) is 0 Å². The van der Waals surface area contributed by atoms with Crippen LogP contribution in [0.5, 0.6) is 0 Å². The predicted octanol–water partition coefficient (Wildman–Crippen LogP) is 1.17. The van der Waals surface area contributed by atoms with Crippen molar-refractivity contribution in [3.8, 4) is 0 Å². The third-order valence-corrected chi connectivity index (χ3v) is 2.38. The highest BCUT2D eigenvalue weighted by Gasteiger charge is 2.13. The lowest BCUT2D eigenvalue weighted by atomic mass is 10.1. The van der Waals surface area contributed by atoms with Crippen molar-refractivity contribution in [1.82, 2.24) is 20.4 Å². The third kappa shape index (κ3) is 6.39. The Hall–Kier alpha value is -1.36.